The van der Waals surface area contributed by atoms with E-state index in [-0.39, 0.29) is 5.92 Å². The molecule has 1 rings (SSSR count). The topological polar surface area (TPSA) is 27.7 Å². The van der Waals surface area contributed by atoms with Crippen LogP contribution in [0.15, 0.2) is 37.0 Å². The van der Waals surface area contributed by atoms with Crippen LogP contribution in [-0.2, 0) is 14.2 Å². The van der Waals surface area contributed by atoms with Crippen molar-refractivity contribution in [2.75, 3.05) is 33.5 Å². The first-order valence-electron chi connectivity index (χ1n) is 5.98. The lowest BCUT2D eigenvalue weighted by molar-refractivity contribution is -0.0913. The van der Waals surface area contributed by atoms with E-state index in [2.05, 4.69) is 12.7 Å². The smallest absolute Gasteiger partial charge is 0.119 e. The van der Waals surface area contributed by atoms with Gasteiger partial charge < -0.3 is 14.2 Å². The van der Waals surface area contributed by atoms with E-state index in [1.165, 1.54) is 0 Å². The van der Waals surface area contributed by atoms with Crippen molar-refractivity contribution >= 4 is 0 Å². The zero-order valence-corrected chi connectivity index (χ0v) is 10.7. The molecule has 0 aliphatic heterocycles. The molecule has 2 atom stereocenters. The van der Waals surface area contributed by atoms with Crippen molar-refractivity contribution in [1.82, 2.24) is 0 Å². The van der Waals surface area contributed by atoms with Gasteiger partial charge in [-0.2, -0.15) is 0 Å². The Hall–Kier alpha value is -0.900. The van der Waals surface area contributed by atoms with Crippen LogP contribution >= 0.6 is 0 Å². The maximum absolute atomic E-state index is 5.96. The molecule has 1 aliphatic rings. The van der Waals surface area contributed by atoms with E-state index in [9.17, 15) is 0 Å². The van der Waals surface area contributed by atoms with E-state index >= 15 is 0 Å². The Morgan fingerprint density at radius 2 is 2.18 bits per heavy atom. The first-order chi connectivity index (χ1) is 8.29. The molecule has 0 saturated carbocycles. The molecule has 3 heteroatoms. The summed E-state index contributed by atoms with van der Waals surface area (Å²) in [5, 5.41) is 0. The predicted molar refractivity (Wildman–Crippen MR) is 69.0 cm³/mol. The van der Waals surface area contributed by atoms with Crippen LogP contribution in [0.25, 0.3) is 0 Å². The average Bonchev–Trinajstić information content (AvgIpc) is 2.37. The number of ether oxygens (including phenoxy) is 3. The zero-order chi connectivity index (χ0) is 12.6. The highest BCUT2D eigenvalue weighted by Crippen LogP contribution is 2.30. The summed E-state index contributed by atoms with van der Waals surface area (Å²) in [5.41, 5.74) is -0.439. The van der Waals surface area contributed by atoms with Crippen LogP contribution in [0, 0.1) is 5.92 Å². The lowest BCUT2D eigenvalue weighted by Gasteiger charge is -2.36. The first-order valence-corrected chi connectivity index (χ1v) is 5.98. The summed E-state index contributed by atoms with van der Waals surface area (Å²) < 4.78 is 16.5. The molecule has 0 saturated heterocycles. The fourth-order valence-corrected chi connectivity index (χ4v) is 1.86. The molecule has 0 radical (unpaired) electrons. The third kappa shape index (κ3) is 3.80. The fraction of sp³-hybridized carbons (Fsp3) is 0.571. The first kappa shape index (κ1) is 14.2. The van der Waals surface area contributed by atoms with Crippen LogP contribution < -0.4 is 0 Å². The molecule has 0 fully saturated rings. The standard InChI is InChI=1S/C14H22O3/c1-4-13-8-6-7-9-14(13,12-16-5-2)17-11-10-15-3/h4,6-9,13H,1,5,10-12H2,2-3H3. The third-order valence-electron chi connectivity index (χ3n) is 2.82. The van der Waals surface area contributed by atoms with Crippen molar-refractivity contribution in [2.45, 2.75) is 12.5 Å². The second-order valence-corrected chi connectivity index (χ2v) is 3.94. The summed E-state index contributed by atoms with van der Waals surface area (Å²) in [6.07, 6.45) is 10.0. The van der Waals surface area contributed by atoms with Gasteiger partial charge in [0.15, 0.2) is 0 Å². The van der Waals surface area contributed by atoms with Gasteiger partial charge in [0.2, 0.25) is 0 Å². The highest BCUT2D eigenvalue weighted by Gasteiger charge is 2.36. The number of hydrogen-bond donors (Lipinski definition) is 0. The van der Waals surface area contributed by atoms with Crippen LogP contribution in [0.2, 0.25) is 0 Å². The lowest BCUT2D eigenvalue weighted by atomic mass is 9.84. The number of allylic oxidation sites excluding steroid dienone is 2. The molecular weight excluding hydrogens is 216 g/mol. The highest BCUT2D eigenvalue weighted by atomic mass is 16.6. The number of rotatable bonds is 8. The minimum atomic E-state index is -0.439. The van der Waals surface area contributed by atoms with Crippen LogP contribution in [-0.4, -0.2) is 39.1 Å². The van der Waals surface area contributed by atoms with Crippen molar-refractivity contribution in [3.63, 3.8) is 0 Å². The van der Waals surface area contributed by atoms with Crippen molar-refractivity contribution in [1.29, 1.82) is 0 Å². The normalized spacial score (nSPS) is 27.3. The van der Waals surface area contributed by atoms with Gasteiger partial charge in [0.05, 0.1) is 19.8 Å². The minimum Gasteiger partial charge on any atom is -0.382 e. The molecule has 0 aromatic carbocycles. The quantitative estimate of drug-likeness (QED) is 0.480. The largest absolute Gasteiger partial charge is 0.382 e. The summed E-state index contributed by atoms with van der Waals surface area (Å²) in [5.74, 6) is 0.135. The van der Waals surface area contributed by atoms with E-state index in [0.29, 0.717) is 26.4 Å². The molecule has 0 aromatic heterocycles. The van der Waals surface area contributed by atoms with Crippen LogP contribution in [0.4, 0.5) is 0 Å². The summed E-state index contributed by atoms with van der Waals surface area (Å²) in [4.78, 5) is 0. The molecule has 0 spiro atoms. The van der Waals surface area contributed by atoms with Gasteiger partial charge in [0.1, 0.15) is 5.60 Å². The van der Waals surface area contributed by atoms with Crippen molar-refractivity contribution in [3.8, 4) is 0 Å². The average molecular weight is 238 g/mol. The SMILES string of the molecule is C=CC1C=CC=CC1(COCC)OCCOC. The monoisotopic (exact) mass is 238 g/mol. The summed E-state index contributed by atoms with van der Waals surface area (Å²) in [7, 11) is 1.67. The highest BCUT2D eigenvalue weighted by molar-refractivity contribution is 5.25. The number of hydrogen-bond acceptors (Lipinski definition) is 3. The molecule has 17 heavy (non-hydrogen) atoms. The Kier molecular flexibility index (Phi) is 6.19. The third-order valence-corrected chi connectivity index (χ3v) is 2.82. The van der Waals surface area contributed by atoms with Gasteiger partial charge in [-0.1, -0.05) is 24.3 Å². The van der Waals surface area contributed by atoms with Gasteiger partial charge in [-0.3, -0.25) is 0 Å². The Labute approximate surface area is 104 Å². The van der Waals surface area contributed by atoms with E-state index < -0.39 is 5.60 Å². The molecular formula is C14H22O3. The Bertz CT molecular complexity index is 283. The Morgan fingerprint density at radius 1 is 1.35 bits per heavy atom. The van der Waals surface area contributed by atoms with Crippen molar-refractivity contribution < 1.29 is 14.2 Å². The van der Waals surface area contributed by atoms with Crippen LogP contribution in [0.5, 0.6) is 0 Å². The van der Waals surface area contributed by atoms with Gasteiger partial charge in [-0.05, 0) is 13.0 Å². The van der Waals surface area contributed by atoms with Crippen LogP contribution in [0.3, 0.4) is 0 Å². The van der Waals surface area contributed by atoms with Crippen molar-refractivity contribution in [3.05, 3.63) is 37.0 Å². The van der Waals surface area contributed by atoms with Gasteiger partial charge in [-0.15, -0.1) is 6.58 Å². The molecule has 3 nitrogen and oxygen atoms in total. The summed E-state index contributed by atoms with van der Waals surface area (Å²) in [6, 6.07) is 0. The lowest BCUT2D eigenvalue weighted by Crippen LogP contribution is -2.43. The maximum atomic E-state index is 5.96. The summed E-state index contributed by atoms with van der Waals surface area (Å²) >= 11 is 0. The van der Waals surface area contributed by atoms with Gasteiger partial charge in [0.25, 0.3) is 0 Å². The summed E-state index contributed by atoms with van der Waals surface area (Å²) in [6.45, 7) is 8.18. The molecule has 0 aromatic rings. The van der Waals surface area contributed by atoms with Crippen molar-refractivity contribution in [2.24, 2.45) is 5.92 Å². The molecule has 0 N–H and O–H groups in total. The van der Waals surface area contributed by atoms with E-state index in [1.807, 2.05) is 31.2 Å². The maximum Gasteiger partial charge on any atom is 0.119 e. The second-order valence-electron chi connectivity index (χ2n) is 3.94. The van der Waals surface area contributed by atoms with Gasteiger partial charge >= 0.3 is 0 Å². The number of methoxy groups -OCH3 is 1. The minimum absolute atomic E-state index is 0.135. The Balaban J connectivity index is 2.72. The van der Waals surface area contributed by atoms with Gasteiger partial charge in [-0.25, -0.2) is 0 Å². The molecule has 2 unspecified atom stereocenters. The fourth-order valence-electron chi connectivity index (χ4n) is 1.86. The molecule has 1 aliphatic carbocycles. The predicted octanol–water partition coefficient (Wildman–Crippen LogP) is 2.35. The molecule has 0 bridgehead atoms. The van der Waals surface area contributed by atoms with Gasteiger partial charge in [0, 0.05) is 19.6 Å². The zero-order valence-electron chi connectivity index (χ0n) is 10.7. The van der Waals surface area contributed by atoms with E-state index in [1.54, 1.807) is 7.11 Å². The van der Waals surface area contributed by atoms with E-state index in [4.69, 9.17) is 14.2 Å². The second kappa shape index (κ2) is 7.43. The Morgan fingerprint density at radius 3 is 2.82 bits per heavy atom. The van der Waals surface area contributed by atoms with Crippen LogP contribution in [0.1, 0.15) is 6.92 Å². The molecule has 0 amide bonds. The molecule has 96 valence electrons. The van der Waals surface area contributed by atoms with E-state index in [0.717, 1.165) is 0 Å². The molecule has 0 heterocycles.